The molecule has 1 aliphatic heterocycles. The van der Waals surface area contributed by atoms with Crippen molar-refractivity contribution in [1.82, 2.24) is 10.2 Å². The summed E-state index contributed by atoms with van der Waals surface area (Å²) in [5.41, 5.74) is 2.55. The number of hydrogen-bond acceptors (Lipinski definition) is 3. The number of nitrogens with zero attached hydrogens (tertiary/aromatic N) is 1. The second-order valence-electron chi connectivity index (χ2n) is 5.35. The van der Waals surface area contributed by atoms with Crippen molar-refractivity contribution in [2.24, 2.45) is 0 Å². The lowest BCUT2D eigenvalue weighted by molar-refractivity contribution is -0.128. The fraction of sp³-hybridized carbons (Fsp3) is 0.571. The lowest BCUT2D eigenvalue weighted by Gasteiger charge is -2.15. The standard InChI is InChI=1S/C14H18N2O2S/c1-16-7-6-11(14(16)18)15-13(17)12-10-5-3-2-4-9(10)8-19-12/h8,11H,2-7H2,1H3,(H,15,17)/t11-/m1/s1. The number of nitrogens with one attached hydrogen (secondary N) is 1. The number of likely N-dealkylation sites (N-methyl/N-ethyl adjacent to an activating group) is 1. The Morgan fingerprint density at radius 3 is 2.95 bits per heavy atom. The first-order chi connectivity index (χ1) is 9.16. The van der Waals surface area contributed by atoms with E-state index in [0.717, 1.165) is 30.7 Å². The van der Waals surface area contributed by atoms with Crippen LogP contribution in [0.3, 0.4) is 0 Å². The van der Waals surface area contributed by atoms with E-state index in [9.17, 15) is 9.59 Å². The molecule has 2 aliphatic rings. The van der Waals surface area contributed by atoms with Crippen LogP contribution in [-0.2, 0) is 17.6 Å². The van der Waals surface area contributed by atoms with Crippen molar-refractivity contribution >= 4 is 23.2 Å². The number of carbonyl (C=O) groups excluding carboxylic acids is 2. The van der Waals surface area contributed by atoms with Crippen molar-refractivity contribution < 1.29 is 9.59 Å². The molecular formula is C14H18N2O2S. The molecule has 0 spiro atoms. The average molecular weight is 278 g/mol. The molecule has 19 heavy (non-hydrogen) atoms. The Morgan fingerprint density at radius 1 is 1.42 bits per heavy atom. The van der Waals surface area contributed by atoms with Crippen molar-refractivity contribution in [2.45, 2.75) is 38.1 Å². The molecule has 2 heterocycles. The van der Waals surface area contributed by atoms with E-state index < -0.39 is 0 Å². The van der Waals surface area contributed by atoms with E-state index in [1.54, 1.807) is 11.9 Å². The highest BCUT2D eigenvalue weighted by Gasteiger charge is 2.31. The molecule has 1 aromatic rings. The Hall–Kier alpha value is -1.36. The van der Waals surface area contributed by atoms with Crippen molar-refractivity contribution in [3.63, 3.8) is 0 Å². The van der Waals surface area contributed by atoms with E-state index in [2.05, 4.69) is 10.7 Å². The zero-order valence-electron chi connectivity index (χ0n) is 11.1. The van der Waals surface area contributed by atoms with E-state index in [4.69, 9.17) is 0 Å². The van der Waals surface area contributed by atoms with Gasteiger partial charge >= 0.3 is 0 Å². The van der Waals surface area contributed by atoms with Crippen molar-refractivity contribution in [1.29, 1.82) is 0 Å². The summed E-state index contributed by atoms with van der Waals surface area (Å²) in [6.45, 7) is 0.728. The quantitative estimate of drug-likeness (QED) is 0.893. The Bertz CT molecular complexity index is 524. The van der Waals surface area contributed by atoms with Crippen LogP contribution in [0.2, 0.25) is 0 Å². The molecule has 1 saturated heterocycles. The van der Waals surface area contributed by atoms with Gasteiger partial charge < -0.3 is 10.2 Å². The molecule has 1 fully saturated rings. The van der Waals surface area contributed by atoms with Gasteiger partial charge in [-0.3, -0.25) is 9.59 Å². The molecule has 1 N–H and O–H groups in total. The summed E-state index contributed by atoms with van der Waals surface area (Å²) in [6, 6.07) is -0.334. The van der Waals surface area contributed by atoms with E-state index in [1.807, 2.05) is 0 Å². The Kier molecular flexibility index (Phi) is 3.31. The maximum atomic E-state index is 12.3. The summed E-state index contributed by atoms with van der Waals surface area (Å²) in [4.78, 5) is 26.6. The number of likely N-dealkylation sites (tertiary alicyclic amines) is 1. The first-order valence-electron chi connectivity index (χ1n) is 6.82. The zero-order chi connectivity index (χ0) is 13.4. The van der Waals surface area contributed by atoms with Gasteiger partial charge in [0.05, 0.1) is 4.88 Å². The van der Waals surface area contributed by atoms with Gasteiger partial charge in [0, 0.05) is 13.6 Å². The molecule has 102 valence electrons. The number of thiophene rings is 1. The third-order valence-corrected chi connectivity index (χ3v) is 5.11. The van der Waals surface area contributed by atoms with E-state index >= 15 is 0 Å². The van der Waals surface area contributed by atoms with Crippen LogP contribution >= 0.6 is 11.3 Å². The number of amides is 2. The van der Waals surface area contributed by atoms with E-state index in [-0.39, 0.29) is 17.9 Å². The highest BCUT2D eigenvalue weighted by Crippen LogP contribution is 2.29. The van der Waals surface area contributed by atoms with Crippen LogP contribution in [0.25, 0.3) is 0 Å². The maximum absolute atomic E-state index is 12.3. The molecule has 4 nitrogen and oxygen atoms in total. The zero-order valence-corrected chi connectivity index (χ0v) is 11.9. The number of aryl methyl sites for hydroxylation is 1. The van der Waals surface area contributed by atoms with Gasteiger partial charge in [-0.05, 0) is 48.6 Å². The highest BCUT2D eigenvalue weighted by molar-refractivity contribution is 7.12. The SMILES string of the molecule is CN1CC[C@@H](NC(=O)c2scc3c2CCCC3)C1=O. The molecule has 1 aliphatic carbocycles. The third kappa shape index (κ3) is 2.27. The lowest BCUT2D eigenvalue weighted by Crippen LogP contribution is -2.40. The second-order valence-corrected chi connectivity index (χ2v) is 6.23. The van der Waals surface area contributed by atoms with E-state index in [1.165, 1.54) is 28.9 Å². The van der Waals surface area contributed by atoms with Gasteiger partial charge in [0.1, 0.15) is 6.04 Å². The fourth-order valence-electron chi connectivity index (χ4n) is 2.89. The number of carbonyl (C=O) groups is 2. The molecule has 5 heteroatoms. The Labute approximate surface area is 116 Å². The van der Waals surface area contributed by atoms with Gasteiger partial charge in [0.15, 0.2) is 0 Å². The normalized spacial score (nSPS) is 22.5. The van der Waals surface area contributed by atoms with Crippen LogP contribution in [0, 0.1) is 0 Å². The van der Waals surface area contributed by atoms with Gasteiger partial charge in [-0.25, -0.2) is 0 Å². The first-order valence-corrected chi connectivity index (χ1v) is 7.70. The minimum Gasteiger partial charge on any atom is -0.344 e. The van der Waals surface area contributed by atoms with Crippen molar-refractivity contribution in [3.05, 3.63) is 21.4 Å². The largest absolute Gasteiger partial charge is 0.344 e. The topological polar surface area (TPSA) is 49.4 Å². The summed E-state index contributed by atoms with van der Waals surface area (Å²) in [5, 5.41) is 5.00. The van der Waals surface area contributed by atoms with Gasteiger partial charge in [0.25, 0.3) is 5.91 Å². The van der Waals surface area contributed by atoms with Crippen LogP contribution < -0.4 is 5.32 Å². The molecule has 1 atom stereocenters. The van der Waals surface area contributed by atoms with Crippen molar-refractivity contribution in [2.75, 3.05) is 13.6 Å². The third-order valence-electron chi connectivity index (χ3n) is 4.04. The minimum atomic E-state index is -0.334. The lowest BCUT2D eigenvalue weighted by atomic mass is 9.94. The molecule has 0 saturated carbocycles. The smallest absolute Gasteiger partial charge is 0.262 e. The minimum absolute atomic E-state index is 0.0266. The van der Waals surface area contributed by atoms with Gasteiger partial charge in [-0.2, -0.15) is 0 Å². The average Bonchev–Trinajstić information content (AvgIpc) is 2.97. The van der Waals surface area contributed by atoms with Crippen molar-refractivity contribution in [3.8, 4) is 0 Å². The Morgan fingerprint density at radius 2 is 2.21 bits per heavy atom. The summed E-state index contributed by atoms with van der Waals surface area (Å²) < 4.78 is 0. The maximum Gasteiger partial charge on any atom is 0.262 e. The molecule has 0 bridgehead atoms. The Balaban J connectivity index is 1.74. The first kappa shape index (κ1) is 12.7. The van der Waals surface area contributed by atoms with Gasteiger partial charge in [-0.1, -0.05) is 0 Å². The summed E-state index contributed by atoms with van der Waals surface area (Å²) in [6.07, 6.45) is 5.19. The number of rotatable bonds is 2. The van der Waals surface area contributed by atoms with Crippen LogP contribution in [0.5, 0.6) is 0 Å². The fourth-order valence-corrected chi connectivity index (χ4v) is 3.95. The van der Waals surface area contributed by atoms with Crippen LogP contribution in [0.15, 0.2) is 5.38 Å². The van der Waals surface area contributed by atoms with Gasteiger partial charge in [-0.15, -0.1) is 11.3 Å². The predicted octanol–water partition coefficient (Wildman–Crippen LogP) is 1.59. The summed E-state index contributed by atoms with van der Waals surface area (Å²) in [7, 11) is 1.78. The molecule has 1 aromatic heterocycles. The molecule has 2 amide bonds. The summed E-state index contributed by atoms with van der Waals surface area (Å²) in [5.74, 6) is -0.0411. The highest BCUT2D eigenvalue weighted by atomic mass is 32.1. The van der Waals surface area contributed by atoms with E-state index in [0.29, 0.717) is 6.42 Å². The summed E-state index contributed by atoms with van der Waals surface area (Å²) >= 11 is 1.52. The molecular weight excluding hydrogens is 260 g/mol. The molecule has 0 aromatic carbocycles. The molecule has 0 unspecified atom stereocenters. The number of fused-ring (bicyclic) bond motifs is 1. The number of hydrogen-bond donors (Lipinski definition) is 1. The van der Waals surface area contributed by atoms with Crippen LogP contribution in [0.1, 0.15) is 40.1 Å². The monoisotopic (exact) mass is 278 g/mol. The van der Waals surface area contributed by atoms with Crippen LogP contribution in [-0.4, -0.2) is 36.3 Å². The molecule has 3 rings (SSSR count). The van der Waals surface area contributed by atoms with Gasteiger partial charge in [0.2, 0.25) is 5.91 Å². The second kappa shape index (κ2) is 4.96. The predicted molar refractivity (Wildman–Crippen MR) is 74.5 cm³/mol. The van der Waals surface area contributed by atoms with Crippen LogP contribution in [0.4, 0.5) is 0 Å². The molecule has 0 radical (unpaired) electrons.